The monoisotopic (exact) mass is 510 g/mol. The summed E-state index contributed by atoms with van der Waals surface area (Å²) in [5.74, 6) is 0.673. The van der Waals surface area contributed by atoms with Crippen LogP contribution in [-0.4, -0.2) is 20.4 Å². The molecule has 0 fully saturated rings. The molecule has 164 valence electrons. The third-order valence-corrected chi connectivity index (χ3v) is 6.21. The van der Waals surface area contributed by atoms with Crippen molar-refractivity contribution in [2.24, 2.45) is 5.10 Å². The van der Waals surface area contributed by atoms with Crippen LogP contribution in [0.25, 0.3) is 16.6 Å². The van der Waals surface area contributed by atoms with Gasteiger partial charge in [-0.25, -0.2) is 4.98 Å². The fourth-order valence-corrected chi connectivity index (χ4v) is 4.41. The second kappa shape index (κ2) is 9.43. The molecule has 5 nitrogen and oxygen atoms in total. The number of hydrogen-bond acceptors (Lipinski definition) is 3. The van der Waals surface area contributed by atoms with Crippen LogP contribution in [0.5, 0.6) is 0 Å². The molecule has 2 heterocycles. The van der Waals surface area contributed by atoms with E-state index in [9.17, 15) is 4.79 Å². The van der Waals surface area contributed by atoms with Gasteiger partial charge in [0.05, 0.1) is 17.1 Å². The van der Waals surface area contributed by atoms with Crippen molar-refractivity contribution in [3.63, 3.8) is 0 Å². The number of nitrogens with zero attached hydrogens (tertiary/aromatic N) is 4. The first kappa shape index (κ1) is 22.5. The summed E-state index contributed by atoms with van der Waals surface area (Å²) in [6.07, 6.45) is 4.38. The van der Waals surface area contributed by atoms with Crippen molar-refractivity contribution in [1.82, 2.24) is 14.2 Å². The number of aryl methyl sites for hydroxylation is 2. The molecule has 0 spiro atoms. The van der Waals surface area contributed by atoms with E-state index in [4.69, 9.17) is 16.6 Å². The first-order valence-corrected chi connectivity index (χ1v) is 11.8. The lowest BCUT2D eigenvalue weighted by Gasteiger charge is -2.10. The van der Waals surface area contributed by atoms with Crippen molar-refractivity contribution >= 4 is 44.6 Å². The van der Waals surface area contributed by atoms with Crippen molar-refractivity contribution in [3.8, 4) is 5.69 Å². The van der Waals surface area contributed by atoms with Gasteiger partial charge in [0.15, 0.2) is 0 Å². The lowest BCUT2D eigenvalue weighted by molar-refractivity contribution is 0.675. The third kappa shape index (κ3) is 4.43. The molecule has 0 N–H and O–H groups in total. The lowest BCUT2D eigenvalue weighted by atomic mass is 10.2. The highest BCUT2D eigenvalue weighted by molar-refractivity contribution is 9.10. The quantitative estimate of drug-likeness (QED) is 0.280. The van der Waals surface area contributed by atoms with Crippen LogP contribution >= 0.6 is 27.5 Å². The molecule has 4 aromatic rings. The van der Waals surface area contributed by atoms with Gasteiger partial charge in [-0.15, -0.1) is 0 Å². The predicted molar refractivity (Wildman–Crippen MR) is 136 cm³/mol. The number of unbranched alkanes of at least 4 members (excludes halogenated alkanes) is 1. The molecule has 0 unspecified atom stereocenters. The number of benzene rings is 2. The third-order valence-electron chi connectivity index (χ3n) is 5.48. The number of aromatic nitrogens is 3. The van der Waals surface area contributed by atoms with Crippen LogP contribution in [0.3, 0.4) is 0 Å². The standard InChI is InChI=1S/C25H24BrClN4O/c1-4-5-9-24-29-23-11-10-19(26)13-22(23)25(32)31(24)28-15-18-12-16(2)30(17(18)3)21-8-6-7-20(27)14-21/h6-8,10-15H,4-5,9H2,1-3H3. The first-order chi connectivity index (χ1) is 15.4. The molecule has 0 saturated carbocycles. The van der Waals surface area contributed by atoms with E-state index in [2.05, 4.69) is 38.6 Å². The molecule has 0 radical (unpaired) electrons. The van der Waals surface area contributed by atoms with Gasteiger partial charge in [-0.3, -0.25) is 4.79 Å². The minimum atomic E-state index is -0.165. The van der Waals surface area contributed by atoms with Gasteiger partial charge < -0.3 is 4.57 Å². The lowest BCUT2D eigenvalue weighted by Crippen LogP contribution is -2.22. The Morgan fingerprint density at radius 3 is 2.72 bits per heavy atom. The van der Waals surface area contributed by atoms with Crippen molar-refractivity contribution in [1.29, 1.82) is 0 Å². The number of fused-ring (bicyclic) bond motifs is 1. The van der Waals surface area contributed by atoms with Gasteiger partial charge in [-0.05, 0) is 62.7 Å². The van der Waals surface area contributed by atoms with Crippen LogP contribution in [0, 0.1) is 13.8 Å². The highest BCUT2D eigenvalue weighted by Gasteiger charge is 2.13. The fraction of sp³-hybridized carbons (Fsp3) is 0.240. The maximum Gasteiger partial charge on any atom is 0.282 e. The summed E-state index contributed by atoms with van der Waals surface area (Å²) < 4.78 is 4.41. The molecule has 2 aromatic carbocycles. The Morgan fingerprint density at radius 1 is 1.16 bits per heavy atom. The van der Waals surface area contributed by atoms with E-state index in [0.29, 0.717) is 28.2 Å². The van der Waals surface area contributed by atoms with Crippen molar-refractivity contribution in [2.45, 2.75) is 40.0 Å². The van der Waals surface area contributed by atoms with Crippen molar-refractivity contribution in [2.75, 3.05) is 0 Å². The Hall–Kier alpha value is -2.70. The average molecular weight is 512 g/mol. The predicted octanol–water partition coefficient (Wildman–Crippen LogP) is 6.44. The molecular weight excluding hydrogens is 488 g/mol. The second-order valence-electron chi connectivity index (χ2n) is 7.80. The van der Waals surface area contributed by atoms with E-state index < -0.39 is 0 Å². The maximum absolute atomic E-state index is 13.3. The summed E-state index contributed by atoms with van der Waals surface area (Å²) in [4.78, 5) is 18.0. The van der Waals surface area contributed by atoms with Gasteiger partial charge in [0.25, 0.3) is 5.56 Å². The van der Waals surface area contributed by atoms with Crippen molar-refractivity contribution in [3.05, 3.63) is 91.2 Å². The average Bonchev–Trinajstić information content (AvgIpc) is 3.05. The second-order valence-corrected chi connectivity index (χ2v) is 9.15. The molecule has 7 heteroatoms. The van der Waals surface area contributed by atoms with E-state index in [1.165, 1.54) is 4.68 Å². The summed E-state index contributed by atoms with van der Waals surface area (Å²) in [6, 6.07) is 15.4. The molecule has 2 aromatic heterocycles. The van der Waals surface area contributed by atoms with Crippen LogP contribution in [0.15, 0.2) is 62.9 Å². The summed E-state index contributed by atoms with van der Waals surface area (Å²) >= 11 is 9.64. The first-order valence-electron chi connectivity index (χ1n) is 10.6. The van der Waals surface area contributed by atoms with Gasteiger partial charge in [0.1, 0.15) is 5.82 Å². The Labute approximate surface area is 200 Å². The number of halogens is 2. The minimum Gasteiger partial charge on any atom is -0.318 e. The van der Waals surface area contributed by atoms with Crippen LogP contribution < -0.4 is 5.56 Å². The van der Waals surface area contributed by atoms with Gasteiger partial charge in [-0.2, -0.15) is 9.78 Å². The number of hydrogen-bond donors (Lipinski definition) is 0. The van der Waals surface area contributed by atoms with Crippen LogP contribution in [-0.2, 0) is 6.42 Å². The summed E-state index contributed by atoms with van der Waals surface area (Å²) in [7, 11) is 0. The maximum atomic E-state index is 13.3. The number of rotatable bonds is 6. The van der Waals surface area contributed by atoms with Gasteiger partial charge in [-0.1, -0.05) is 46.9 Å². The zero-order valence-electron chi connectivity index (χ0n) is 18.3. The highest BCUT2D eigenvalue weighted by atomic mass is 79.9. The largest absolute Gasteiger partial charge is 0.318 e. The molecule has 0 aliphatic heterocycles. The minimum absolute atomic E-state index is 0.165. The highest BCUT2D eigenvalue weighted by Crippen LogP contribution is 2.22. The van der Waals surface area contributed by atoms with Crippen LogP contribution in [0.1, 0.15) is 42.5 Å². The Balaban J connectivity index is 1.81. The summed E-state index contributed by atoms with van der Waals surface area (Å²) in [5.41, 5.74) is 4.53. The molecule has 0 atom stereocenters. The normalized spacial score (nSPS) is 11.7. The summed E-state index contributed by atoms with van der Waals surface area (Å²) in [5, 5.41) is 5.83. The van der Waals surface area contributed by atoms with E-state index >= 15 is 0 Å². The Bertz CT molecular complexity index is 1390. The van der Waals surface area contributed by atoms with Crippen LogP contribution in [0.4, 0.5) is 0 Å². The zero-order chi connectivity index (χ0) is 22.8. The van der Waals surface area contributed by atoms with Crippen molar-refractivity contribution < 1.29 is 0 Å². The Kier molecular flexibility index (Phi) is 6.63. The van der Waals surface area contributed by atoms with E-state index in [1.807, 2.05) is 50.2 Å². The molecule has 0 amide bonds. The van der Waals surface area contributed by atoms with Gasteiger partial charge in [0.2, 0.25) is 0 Å². The van der Waals surface area contributed by atoms with Gasteiger partial charge >= 0.3 is 0 Å². The fourth-order valence-electron chi connectivity index (χ4n) is 3.86. The van der Waals surface area contributed by atoms with Gasteiger partial charge in [0, 0.05) is 38.6 Å². The molecule has 0 saturated heterocycles. The topological polar surface area (TPSA) is 52.2 Å². The smallest absolute Gasteiger partial charge is 0.282 e. The van der Waals surface area contributed by atoms with E-state index in [0.717, 1.165) is 40.0 Å². The zero-order valence-corrected chi connectivity index (χ0v) is 20.6. The SMILES string of the molecule is CCCCc1nc2ccc(Br)cc2c(=O)n1N=Cc1cc(C)n(-c2cccc(Cl)c2)c1C. The Morgan fingerprint density at radius 2 is 1.97 bits per heavy atom. The van der Waals surface area contributed by atoms with E-state index in [-0.39, 0.29) is 5.56 Å². The summed E-state index contributed by atoms with van der Waals surface area (Å²) in [6.45, 7) is 6.19. The molecule has 0 aliphatic carbocycles. The molecule has 32 heavy (non-hydrogen) atoms. The molecule has 0 bridgehead atoms. The van der Waals surface area contributed by atoms with E-state index in [1.54, 1.807) is 12.3 Å². The molecule has 0 aliphatic rings. The van der Waals surface area contributed by atoms with Crippen LogP contribution in [0.2, 0.25) is 5.02 Å². The molecular formula is C25H24BrClN4O. The molecule has 4 rings (SSSR count).